The largest absolute Gasteiger partial charge is 0.273 e. The Morgan fingerprint density at radius 2 is 2.25 bits per heavy atom. The highest BCUT2D eigenvalue weighted by atomic mass is 32.1. The minimum atomic E-state index is 0.0752. The van der Waals surface area contributed by atoms with Crippen molar-refractivity contribution in [3.05, 3.63) is 22.4 Å². The number of thiophene rings is 1. The van der Waals surface area contributed by atoms with Gasteiger partial charge in [0, 0.05) is 11.5 Å². The smallest absolute Gasteiger partial charge is 0.243 e. The molecule has 1 heterocycles. The molecule has 0 saturated heterocycles. The van der Waals surface area contributed by atoms with Gasteiger partial charge in [-0.2, -0.15) is 16.4 Å². The van der Waals surface area contributed by atoms with E-state index < -0.39 is 0 Å². The highest BCUT2D eigenvalue weighted by Crippen LogP contribution is 2.23. The van der Waals surface area contributed by atoms with Gasteiger partial charge in [-0.1, -0.05) is 19.3 Å². The molecule has 3 nitrogen and oxygen atoms in total. The van der Waals surface area contributed by atoms with Crippen LogP contribution >= 0.6 is 11.3 Å². The van der Waals surface area contributed by atoms with Crippen molar-refractivity contribution in [2.45, 2.75) is 32.1 Å². The van der Waals surface area contributed by atoms with Crippen LogP contribution in [0.3, 0.4) is 0 Å². The first-order chi connectivity index (χ1) is 7.86. The maximum atomic E-state index is 11.7. The average molecular weight is 236 g/mol. The molecule has 1 aromatic rings. The average Bonchev–Trinajstić information content (AvgIpc) is 2.83. The maximum absolute atomic E-state index is 11.7. The Morgan fingerprint density at radius 3 is 2.94 bits per heavy atom. The molecule has 0 aromatic carbocycles. The van der Waals surface area contributed by atoms with Gasteiger partial charge in [0.2, 0.25) is 5.91 Å². The van der Waals surface area contributed by atoms with Crippen LogP contribution in [-0.2, 0) is 4.79 Å². The number of amides is 1. The Kier molecular flexibility index (Phi) is 4.10. The minimum absolute atomic E-state index is 0.0752. The molecule has 0 atom stereocenters. The number of hydrogen-bond donors (Lipinski definition) is 1. The lowest BCUT2D eigenvalue weighted by Gasteiger charge is -2.19. The number of nitrogens with one attached hydrogen (secondary N) is 1. The molecular weight excluding hydrogens is 220 g/mol. The molecule has 1 aliphatic carbocycles. The van der Waals surface area contributed by atoms with Gasteiger partial charge in [-0.25, -0.2) is 5.43 Å². The molecule has 2 rings (SSSR count). The quantitative estimate of drug-likeness (QED) is 0.636. The van der Waals surface area contributed by atoms with Crippen LogP contribution in [-0.4, -0.2) is 12.1 Å². The third kappa shape index (κ3) is 3.17. The van der Waals surface area contributed by atoms with Gasteiger partial charge in [0.1, 0.15) is 0 Å². The van der Waals surface area contributed by atoms with Crippen LogP contribution in [0.15, 0.2) is 21.9 Å². The number of carbonyl (C=O) groups is 1. The minimum Gasteiger partial charge on any atom is -0.273 e. The summed E-state index contributed by atoms with van der Waals surface area (Å²) >= 11 is 1.62. The van der Waals surface area contributed by atoms with Crippen LogP contribution in [0.1, 0.15) is 37.7 Å². The van der Waals surface area contributed by atoms with Crippen molar-refractivity contribution in [3.63, 3.8) is 0 Å². The lowest BCUT2D eigenvalue weighted by atomic mass is 9.89. The van der Waals surface area contributed by atoms with Gasteiger partial charge in [0.05, 0.1) is 6.21 Å². The molecule has 4 heteroatoms. The van der Waals surface area contributed by atoms with Crippen LogP contribution in [0.25, 0.3) is 0 Å². The lowest BCUT2D eigenvalue weighted by molar-refractivity contribution is -0.125. The molecule has 16 heavy (non-hydrogen) atoms. The molecule has 1 aromatic heterocycles. The van der Waals surface area contributed by atoms with Gasteiger partial charge < -0.3 is 0 Å². The van der Waals surface area contributed by atoms with Crippen molar-refractivity contribution < 1.29 is 4.79 Å². The standard InChI is InChI=1S/C12H16N2OS/c15-12(11-4-2-1-3-5-11)14-13-8-10-6-7-16-9-10/h6-9,11H,1-5H2,(H,14,15)/b13-8+. The summed E-state index contributed by atoms with van der Waals surface area (Å²) < 4.78 is 0. The fourth-order valence-electron chi connectivity index (χ4n) is 1.97. The van der Waals surface area contributed by atoms with Gasteiger partial charge in [0.15, 0.2) is 0 Å². The summed E-state index contributed by atoms with van der Waals surface area (Å²) in [6, 6.07) is 1.97. The van der Waals surface area contributed by atoms with Crippen LogP contribution in [0.2, 0.25) is 0 Å². The molecule has 0 spiro atoms. The van der Waals surface area contributed by atoms with E-state index in [1.54, 1.807) is 17.6 Å². The van der Waals surface area contributed by atoms with Crippen LogP contribution in [0, 0.1) is 5.92 Å². The summed E-state index contributed by atoms with van der Waals surface area (Å²) in [5.41, 5.74) is 3.66. The molecule has 1 N–H and O–H groups in total. The first kappa shape index (κ1) is 11.3. The molecule has 1 fully saturated rings. The fraction of sp³-hybridized carbons (Fsp3) is 0.500. The first-order valence-electron chi connectivity index (χ1n) is 5.71. The SMILES string of the molecule is O=C(N/N=C/c1ccsc1)C1CCCCC1. The maximum Gasteiger partial charge on any atom is 0.243 e. The second-order valence-corrected chi connectivity index (χ2v) is 4.91. The molecule has 86 valence electrons. The Bertz CT molecular complexity index is 353. The summed E-state index contributed by atoms with van der Waals surface area (Å²) in [6.07, 6.45) is 7.33. The monoisotopic (exact) mass is 236 g/mol. The van der Waals surface area contributed by atoms with E-state index in [4.69, 9.17) is 0 Å². The normalized spacial score (nSPS) is 17.8. The van der Waals surface area contributed by atoms with Gasteiger partial charge in [-0.05, 0) is 29.7 Å². The highest BCUT2D eigenvalue weighted by Gasteiger charge is 2.20. The van der Waals surface area contributed by atoms with Crippen LogP contribution in [0.5, 0.6) is 0 Å². The summed E-state index contributed by atoms with van der Waals surface area (Å²) in [4.78, 5) is 11.7. The van der Waals surface area contributed by atoms with Gasteiger partial charge in [0.25, 0.3) is 0 Å². The molecule has 1 saturated carbocycles. The van der Waals surface area contributed by atoms with Gasteiger partial charge in [-0.15, -0.1) is 0 Å². The number of hydrazone groups is 1. The van der Waals surface area contributed by atoms with E-state index in [1.807, 2.05) is 16.8 Å². The van der Waals surface area contributed by atoms with E-state index in [9.17, 15) is 4.79 Å². The third-order valence-electron chi connectivity index (χ3n) is 2.91. The zero-order valence-electron chi connectivity index (χ0n) is 9.19. The fourth-order valence-corrected chi connectivity index (χ4v) is 2.59. The Balaban J connectivity index is 1.78. The van der Waals surface area contributed by atoms with Crippen LogP contribution < -0.4 is 5.43 Å². The zero-order chi connectivity index (χ0) is 11.2. The second-order valence-electron chi connectivity index (χ2n) is 4.13. The molecule has 1 amide bonds. The van der Waals surface area contributed by atoms with Crippen LogP contribution in [0.4, 0.5) is 0 Å². The van der Waals surface area contributed by atoms with E-state index in [0.717, 1.165) is 18.4 Å². The van der Waals surface area contributed by atoms with E-state index in [2.05, 4.69) is 10.5 Å². The van der Waals surface area contributed by atoms with Crippen molar-refractivity contribution in [1.29, 1.82) is 0 Å². The second kappa shape index (κ2) is 5.80. The molecule has 0 aliphatic heterocycles. The predicted molar refractivity (Wildman–Crippen MR) is 66.6 cm³/mol. The van der Waals surface area contributed by atoms with E-state index in [0.29, 0.717) is 0 Å². The summed E-state index contributed by atoms with van der Waals surface area (Å²) in [5.74, 6) is 0.250. The first-order valence-corrected chi connectivity index (χ1v) is 6.65. The van der Waals surface area contributed by atoms with Crippen molar-refractivity contribution in [3.8, 4) is 0 Å². The highest BCUT2D eigenvalue weighted by molar-refractivity contribution is 7.08. The van der Waals surface area contributed by atoms with E-state index in [-0.39, 0.29) is 11.8 Å². The number of nitrogens with zero attached hydrogens (tertiary/aromatic N) is 1. The Morgan fingerprint density at radius 1 is 1.44 bits per heavy atom. The van der Waals surface area contributed by atoms with Crippen molar-refractivity contribution in [2.75, 3.05) is 0 Å². The molecule has 0 unspecified atom stereocenters. The topological polar surface area (TPSA) is 41.5 Å². The third-order valence-corrected chi connectivity index (χ3v) is 3.61. The van der Waals surface area contributed by atoms with E-state index >= 15 is 0 Å². The summed E-state index contributed by atoms with van der Waals surface area (Å²) in [7, 11) is 0. The van der Waals surface area contributed by atoms with E-state index in [1.165, 1.54) is 19.3 Å². The van der Waals surface area contributed by atoms with Crippen molar-refractivity contribution >= 4 is 23.5 Å². The predicted octanol–water partition coefficient (Wildman–Crippen LogP) is 2.78. The van der Waals surface area contributed by atoms with Gasteiger partial charge in [-0.3, -0.25) is 4.79 Å². The Labute approximate surface area is 99.6 Å². The molecular formula is C12H16N2OS. The molecule has 0 radical (unpaired) electrons. The number of hydrogen-bond acceptors (Lipinski definition) is 3. The lowest BCUT2D eigenvalue weighted by Crippen LogP contribution is -2.28. The zero-order valence-corrected chi connectivity index (χ0v) is 10.0. The van der Waals surface area contributed by atoms with Crippen molar-refractivity contribution in [1.82, 2.24) is 5.43 Å². The van der Waals surface area contributed by atoms with Gasteiger partial charge >= 0.3 is 0 Å². The van der Waals surface area contributed by atoms with Crippen molar-refractivity contribution in [2.24, 2.45) is 11.0 Å². The Hall–Kier alpha value is -1.16. The number of rotatable bonds is 3. The molecule has 1 aliphatic rings. The molecule has 0 bridgehead atoms. The summed E-state index contributed by atoms with van der Waals surface area (Å²) in [6.45, 7) is 0. The number of carbonyl (C=O) groups excluding carboxylic acids is 1. The summed E-state index contributed by atoms with van der Waals surface area (Å²) in [5, 5.41) is 7.96.